The predicted octanol–water partition coefficient (Wildman–Crippen LogP) is 2.53. The topological polar surface area (TPSA) is 49.3 Å². The van der Waals surface area contributed by atoms with E-state index < -0.39 is 0 Å². The first-order valence-corrected chi connectivity index (χ1v) is 7.86. The van der Waals surface area contributed by atoms with E-state index in [4.69, 9.17) is 5.11 Å². The van der Waals surface area contributed by atoms with Crippen LogP contribution >= 0.6 is 11.3 Å². The maximum atomic E-state index is 12.2. The lowest BCUT2D eigenvalue weighted by Gasteiger charge is -2.25. The average Bonchev–Trinajstić information content (AvgIpc) is 2.99. The highest BCUT2D eigenvalue weighted by atomic mass is 32.1. The molecule has 1 aliphatic carbocycles. The van der Waals surface area contributed by atoms with Crippen molar-refractivity contribution in [3.8, 4) is 11.8 Å². The standard InChI is InChI=1S/C16H21NO2S/c1-16(2)7-3-6-14(16)15(19)17-10-13-9-12(11-20-13)5-4-8-18/h9,11,14,18H,3,6-8,10H2,1-2H3,(H,17,19). The molecule has 3 nitrogen and oxygen atoms in total. The highest BCUT2D eigenvalue weighted by molar-refractivity contribution is 7.10. The van der Waals surface area contributed by atoms with E-state index in [-0.39, 0.29) is 23.8 Å². The number of rotatable bonds is 3. The van der Waals surface area contributed by atoms with Gasteiger partial charge in [-0.25, -0.2) is 0 Å². The number of nitrogens with one attached hydrogen (secondary N) is 1. The average molecular weight is 291 g/mol. The van der Waals surface area contributed by atoms with Crippen LogP contribution < -0.4 is 5.32 Å². The van der Waals surface area contributed by atoms with Gasteiger partial charge in [0.25, 0.3) is 0 Å². The third-order valence-corrected chi connectivity index (χ3v) is 4.91. The van der Waals surface area contributed by atoms with E-state index in [9.17, 15) is 4.79 Å². The van der Waals surface area contributed by atoms with E-state index in [0.717, 1.165) is 29.7 Å². The maximum absolute atomic E-state index is 12.2. The SMILES string of the molecule is CC1(C)CCCC1C(=O)NCc1cc(C#CCO)cs1. The number of aliphatic hydroxyl groups is 1. The van der Waals surface area contributed by atoms with Crippen LogP contribution in [-0.2, 0) is 11.3 Å². The summed E-state index contributed by atoms with van der Waals surface area (Å²) in [5.41, 5.74) is 1.02. The molecular formula is C16H21NO2S. The fourth-order valence-electron chi connectivity index (χ4n) is 2.79. The van der Waals surface area contributed by atoms with Crippen LogP contribution in [0.1, 0.15) is 43.6 Å². The molecule has 2 rings (SSSR count). The van der Waals surface area contributed by atoms with Crippen molar-refractivity contribution in [2.24, 2.45) is 11.3 Å². The van der Waals surface area contributed by atoms with Gasteiger partial charge in [-0.15, -0.1) is 11.3 Å². The second kappa shape index (κ2) is 6.43. The Morgan fingerprint density at radius 1 is 1.60 bits per heavy atom. The van der Waals surface area contributed by atoms with E-state index in [2.05, 4.69) is 31.0 Å². The Hall–Kier alpha value is -1.31. The summed E-state index contributed by atoms with van der Waals surface area (Å²) in [5, 5.41) is 13.6. The van der Waals surface area contributed by atoms with Crippen molar-refractivity contribution >= 4 is 17.2 Å². The van der Waals surface area contributed by atoms with Crippen LogP contribution in [0.3, 0.4) is 0 Å². The zero-order valence-electron chi connectivity index (χ0n) is 12.0. The van der Waals surface area contributed by atoms with Gasteiger partial charge in [0.1, 0.15) is 6.61 Å². The number of thiophene rings is 1. The first kappa shape index (κ1) is 15.1. The molecule has 0 aromatic carbocycles. The summed E-state index contributed by atoms with van der Waals surface area (Å²) >= 11 is 1.59. The van der Waals surface area contributed by atoms with Crippen LogP contribution in [0.25, 0.3) is 0 Å². The zero-order valence-corrected chi connectivity index (χ0v) is 12.8. The summed E-state index contributed by atoms with van der Waals surface area (Å²) in [6.45, 7) is 4.80. The van der Waals surface area contributed by atoms with Crippen molar-refractivity contribution in [1.82, 2.24) is 5.32 Å². The van der Waals surface area contributed by atoms with Crippen molar-refractivity contribution in [3.63, 3.8) is 0 Å². The molecule has 1 aromatic rings. The van der Waals surface area contributed by atoms with Crippen molar-refractivity contribution in [1.29, 1.82) is 0 Å². The molecule has 1 aliphatic rings. The number of hydrogen-bond donors (Lipinski definition) is 2. The van der Waals surface area contributed by atoms with Gasteiger partial charge >= 0.3 is 0 Å². The third kappa shape index (κ3) is 3.62. The summed E-state index contributed by atoms with van der Waals surface area (Å²) in [7, 11) is 0. The number of hydrogen-bond acceptors (Lipinski definition) is 3. The van der Waals surface area contributed by atoms with Gasteiger partial charge in [0, 0.05) is 21.7 Å². The van der Waals surface area contributed by atoms with Gasteiger partial charge in [0.15, 0.2) is 0 Å². The molecule has 1 heterocycles. The lowest BCUT2D eigenvalue weighted by Crippen LogP contribution is -2.35. The highest BCUT2D eigenvalue weighted by Gasteiger charge is 2.38. The van der Waals surface area contributed by atoms with E-state index in [1.54, 1.807) is 11.3 Å². The molecule has 1 amide bonds. The van der Waals surface area contributed by atoms with Gasteiger partial charge < -0.3 is 10.4 Å². The lowest BCUT2D eigenvalue weighted by atomic mass is 9.81. The van der Waals surface area contributed by atoms with Crippen LogP contribution in [0.2, 0.25) is 0 Å². The Kier molecular flexibility index (Phi) is 4.85. The van der Waals surface area contributed by atoms with Crippen LogP contribution in [0.5, 0.6) is 0 Å². The van der Waals surface area contributed by atoms with Gasteiger partial charge in [-0.2, -0.15) is 0 Å². The minimum atomic E-state index is -0.126. The normalized spacial score (nSPS) is 20.2. The molecule has 0 spiro atoms. The largest absolute Gasteiger partial charge is 0.384 e. The summed E-state index contributed by atoms with van der Waals surface area (Å²) in [4.78, 5) is 13.3. The number of aliphatic hydroxyl groups excluding tert-OH is 1. The van der Waals surface area contributed by atoms with Crippen molar-refractivity contribution in [2.75, 3.05) is 6.61 Å². The lowest BCUT2D eigenvalue weighted by molar-refractivity contribution is -0.127. The van der Waals surface area contributed by atoms with E-state index in [0.29, 0.717) is 6.54 Å². The van der Waals surface area contributed by atoms with Gasteiger partial charge in [-0.05, 0) is 24.3 Å². The molecule has 1 atom stereocenters. The molecule has 0 aliphatic heterocycles. The Morgan fingerprint density at radius 2 is 2.40 bits per heavy atom. The van der Waals surface area contributed by atoms with Crippen LogP contribution in [0.4, 0.5) is 0 Å². The molecule has 0 bridgehead atoms. The quantitative estimate of drug-likeness (QED) is 0.841. The van der Waals surface area contributed by atoms with Crippen molar-refractivity contribution in [2.45, 2.75) is 39.7 Å². The summed E-state index contributed by atoms with van der Waals surface area (Å²) in [6.07, 6.45) is 3.27. The minimum Gasteiger partial charge on any atom is -0.384 e. The van der Waals surface area contributed by atoms with Gasteiger partial charge in [-0.3, -0.25) is 4.79 Å². The fourth-order valence-corrected chi connectivity index (χ4v) is 3.55. The van der Waals surface area contributed by atoms with E-state index in [1.165, 1.54) is 0 Å². The third-order valence-electron chi connectivity index (χ3n) is 3.98. The molecule has 0 saturated heterocycles. The fraction of sp³-hybridized carbons (Fsp3) is 0.562. The number of carbonyl (C=O) groups is 1. The zero-order chi connectivity index (χ0) is 14.6. The Morgan fingerprint density at radius 3 is 3.05 bits per heavy atom. The van der Waals surface area contributed by atoms with Gasteiger partial charge in [0.05, 0.1) is 6.54 Å². The monoisotopic (exact) mass is 291 g/mol. The number of carbonyl (C=O) groups excluding carboxylic acids is 1. The first-order chi connectivity index (χ1) is 9.53. The summed E-state index contributed by atoms with van der Waals surface area (Å²) < 4.78 is 0. The molecule has 4 heteroatoms. The molecule has 20 heavy (non-hydrogen) atoms. The summed E-state index contributed by atoms with van der Waals surface area (Å²) in [5.74, 6) is 5.80. The van der Waals surface area contributed by atoms with Crippen molar-refractivity contribution < 1.29 is 9.90 Å². The predicted molar refractivity (Wildman–Crippen MR) is 81.3 cm³/mol. The molecule has 108 valence electrons. The molecule has 1 saturated carbocycles. The van der Waals surface area contributed by atoms with Gasteiger partial charge in [0.2, 0.25) is 5.91 Å². The van der Waals surface area contributed by atoms with Crippen LogP contribution in [-0.4, -0.2) is 17.6 Å². The molecular weight excluding hydrogens is 270 g/mol. The minimum absolute atomic E-state index is 0.122. The van der Waals surface area contributed by atoms with E-state index >= 15 is 0 Å². The molecule has 0 radical (unpaired) electrons. The highest BCUT2D eigenvalue weighted by Crippen LogP contribution is 2.42. The van der Waals surface area contributed by atoms with Gasteiger partial charge in [-0.1, -0.05) is 32.1 Å². The summed E-state index contributed by atoms with van der Waals surface area (Å²) in [6, 6.07) is 1.97. The Labute approximate surface area is 124 Å². The molecule has 2 N–H and O–H groups in total. The van der Waals surface area contributed by atoms with Crippen molar-refractivity contribution in [3.05, 3.63) is 21.9 Å². The molecule has 1 unspecified atom stereocenters. The Balaban J connectivity index is 1.89. The molecule has 1 aromatic heterocycles. The smallest absolute Gasteiger partial charge is 0.223 e. The molecule has 1 fully saturated rings. The first-order valence-electron chi connectivity index (χ1n) is 6.98. The Bertz CT molecular complexity index is 536. The van der Waals surface area contributed by atoms with E-state index in [1.807, 2.05) is 11.4 Å². The second-order valence-electron chi connectivity index (χ2n) is 5.91. The second-order valence-corrected chi connectivity index (χ2v) is 6.91. The van der Waals surface area contributed by atoms with Crippen LogP contribution in [0.15, 0.2) is 11.4 Å². The maximum Gasteiger partial charge on any atom is 0.223 e. The number of amides is 1. The van der Waals surface area contributed by atoms with Crippen LogP contribution in [0, 0.1) is 23.2 Å².